The molecule has 1 aliphatic rings. The number of hydrogen-bond acceptors (Lipinski definition) is 2. The van der Waals surface area contributed by atoms with E-state index < -0.39 is 0 Å². The van der Waals surface area contributed by atoms with Gasteiger partial charge in [-0.3, -0.25) is 4.90 Å². The van der Waals surface area contributed by atoms with Crippen LogP contribution in [0.2, 0.25) is 0 Å². The first-order valence-corrected chi connectivity index (χ1v) is 3.86. The molecule has 2 heteroatoms. The van der Waals surface area contributed by atoms with Crippen LogP contribution in [0.15, 0.2) is 24.0 Å². The van der Waals surface area contributed by atoms with E-state index in [0.717, 1.165) is 18.4 Å². The molecule has 0 heterocycles. The number of allylic oxidation sites excluding steroid dienone is 2. The van der Waals surface area contributed by atoms with Gasteiger partial charge in [0.15, 0.2) is 0 Å². The largest absolute Gasteiger partial charge is 0.511 e. The van der Waals surface area contributed by atoms with E-state index in [4.69, 9.17) is 0 Å². The molecule has 1 aliphatic carbocycles. The Morgan fingerprint density at radius 3 is 2.73 bits per heavy atom. The van der Waals surface area contributed by atoms with Gasteiger partial charge in [0.05, 0.1) is 6.04 Å². The van der Waals surface area contributed by atoms with Crippen molar-refractivity contribution in [1.82, 2.24) is 4.90 Å². The molecule has 0 aromatic heterocycles. The monoisotopic (exact) mass is 153 g/mol. The van der Waals surface area contributed by atoms with Gasteiger partial charge in [0, 0.05) is 0 Å². The fourth-order valence-corrected chi connectivity index (χ4v) is 1.37. The van der Waals surface area contributed by atoms with Gasteiger partial charge in [0.2, 0.25) is 0 Å². The second-order valence-electron chi connectivity index (χ2n) is 3.25. The molecule has 0 spiro atoms. The van der Waals surface area contributed by atoms with E-state index in [1.807, 2.05) is 19.0 Å². The van der Waals surface area contributed by atoms with Crippen molar-refractivity contribution in [2.24, 2.45) is 0 Å². The maximum atomic E-state index is 9.47. The van der Waals surface area contributed by atoms with Crippen LogP contribution in [-0.4, -0.2) is 30.1 Å². The summed E-state index contributed by atoms with van der Waals surface area (Å²) in [5.74, 6) is 0.450. The van der Waals surface area contributed by atoms with Gasteiger partial charge in [-0.25, -0.2) is 0 Å². The molecular formula is C9H15NO. The Balaban J connectivity index is 2.72. The maximum Gasteiger partial charge on any atom is 0.110 e. The quantitative estimate of drug-likeness (QED) is 0.620. The van der Waals surface area contributed by atoms with Gasteiger partial charge < -0.3 is 5.11 Å². The van der Waals surface area contributed by atoms with Crippen LogP contribution >= 0.6 is 0 Å². The van der Waals surface area contributed by atoms with Crippen molar-refractivity contribution < 1.29 is 5.11 Å². The highest BCUT2D eigenvalue weighted by Gasteiger charge is 2.19. The molecule has 1 unspecified atom stereocenters. The summed E-state index contributed by atoms with van der Waals surface area (Å²) in [5.41, 5.74) is 1.03. The number of aliphatic hydroxyl groups is 1. The predicted molar refractivity (Wildman–Crippen MR) is 46.6 cm³/mol. The van der Waals surface area contributed by atoms with Crippen molar-refractivity contribution in [3.05, 3.63) is 24.0 Å². The minimum Gasteiger partial charge on any atom is -0.511 e. The Morgan fingerprint density at radius 2 is 2.27 bits per heavy atom. The van der Waals surface area contributed by atoms with Gasteiger partial charge in [-0.2, -0.15) is 0 Å². The fourth-order valence-electron chi connectivity index (χ4n) is 1.37. The third kappa shape index (κ3) is 1.84. The summed E-state index contributed by atoms with van der Waals surface area (Å²) >= 11 is 0. The van der Waals surface area contributed by atoms with Gasteiger partial charge in [0.1, 0.15) is 5.76 Å². The highest BCUT2D eigenvalue weighted by atomic mass is 16.3. The molecule has 0 amide bonds. The highest BCUT2D eigenvalue weighted by Crippen LogP contribution is 2.22. The average Bonchev–Trinajstić information content (AvgIpc) is 1.85. The zero-order valence-electron chi connectivity index (χ0n) is 7.17. The van der Waals surface area contributed by atoms with Crippen LogP contribution in [0.25, 0.3) is 0 Å². The minimum atomic E-state index is 0.195. The Labute approximate surface area is 67.8 Å². The van der Waals surface area contributed by atoms with E-state index in [1.54, 1.807) is 6.08 Å². The van der Waals surface area contributed by atoms with Crippen molar-refractivity contribution in [2.45, 2.75) is 18.9 Å². The molecular weight excluding hydrogens is 138 g/mol. The van der Waals surface area contributed by atoms with Crippen LogP contribution in [0.5, 0.6) is 0 Å². The lowest BCUT2D eigenvalue weighted by atomic mass is 9.97. The van der Waals surface area contributed by atoms with Crippen molar-refractivity contribution in [3.63, 3.8) is 0 Å². The molecule has 11 heavy (non-hydrogen) atoms. The van der Waals surface area contributed by atoms with E-state index in [1.165, 1.54) is 0 Å². The number of aliphatic hydroxyl groups excluding tert-OH is 1. The SMILES string of the molecule is C=C1C=C(O)C(N(C)C)CC1. The Bertz CT molecular complexity index is 194. The van der Waals surface area contributed by atoms with Gasteiger partial charge in [-0.05, 0) is 33.0 Å². The molecule has 0 saturated heterocycles. The molecule has 0 bridgehead atoms. The average molecular weight is 153 g/mol. The normalized spacial score (nSPS) is 25.5. The van der Waals surface area contributed by atoms with Crippen LogP contribution in [0.1, 0.15) is 12.8 Å². The van der Waals surface area contributed by atoms with E-state index in [9.17, 15) is 5.11 Å². The lowest BCUT2D eigenvalue weighted by molar-refractivity contribution is 0.226. The molecule has 2 nitrogen and oxygen atoms in total. The maximum absolute atomic E-state index is 9.47. The summed E-state index contributed by atoms with van der Waals surface area (Å²) in [5, 5.41) is 9.47. The summed E-state index contributed by atoms with van der Waals surface area (Å²) < 4.78 is 0. The van der Waals surface area contributed by atoms with Crippen LogP contribution in [0.4, 0.5) is 0 Å². The zero-order valence-corrected chi connectivity index (χ0v) is 7.17. The molecule has 0 fully saturated rings. The van der Waals surface area contributed by atoms with Gasteiger partial charge in [0.25, 0.3) is 0 Å². The summed E-state index contributed by atoms with van der Waals surface area (Å²) in [6.07, 6.45) is 3.75. The fraction of sp³-hybridized carbons (Fsp3) is 0.556. The summed E-state index contributed by atoms with van der Waals surface area (Å²) in [6, 6.07) is 0.195. The first kappa shape index (κ1) is 8.34. The van der Waals surface area contributed by atoms with Crippen molar-refractivity contribution in [3.8, 4) is 0 Å². The standard InChI is InChI=1S/C9H15NO/c1-7-4-5-8(10(2)3)9(11)6-7/h6,8,11H,1,4-5H2,2-3H3. The van der Waals surface area contributed by atoms with Crippen LogP contribution < -0.4 is 0 Å². The second-order valence-corrected chi connectivity index (χ2v) is 3.25. The molecule has 1 rings (SSSR count). The Morgan fingerprint density at radius 1 is 1.64 bits per heavy atom. The predicted octanol–water partition coefficient (Wildman–Crippen LogP) is 1.71. The highest BCUT2D eigenvalue weighted by molar-refractivity contribution is 5.24. The smallest absolute Gasteiger partial charge is 0.110 e. The van der Waals surface area contributed by atoms with E-state index in [0.29, 0.717) is 5.76 Å². The lowest BCUT2D eigenvalue weighted by Crippen LogP contribution is -2.31. The first-order chi connectivity index (χ1) is 5.11. The van der Waals surface area contributed by atoms with Crippen molar-refractivity contribution >= 4 is 0 Å². The number of rotatable bonds is 1. The molecule has 62 valence electrons. The van der Waals surface area contributed by atoms with E-state index in [2.05, 4.69) is 6.58 Å². The van der Waals surface area contributed by atoms with Crippen molar-refractivity contribution in [1.29, 1.82) is 0 Å². The first-order valence-electron chi connectivity index (χ1n) is 3.86. The molecule has 0 saturated carbocycles. The van der Waals surface area contributed by atoms with Crippen LogP contribution in [0, 0.1) is 0 Å². The van der Waals surface area contributed by atoms with Crippen molar-refractivity contribution in [2.75, 3.05) is 14.1 Å². The summed E-state index contributed by atoms with van der Waals surface area (Å²) in [7, 11) is 3.95. The van der Waals surface area contributed by atoms with Gasteiger partial charge >= 0.3 is 0 Å². The molecule has 0 aromatic carbocycles. The topological polar surface area (TPSA) is 23.5 Å². The van der Waals surface area contributed by atoms with Gasteiger partial charge in [-0.1, -0.05) is 12.2 Å². The van der Waals surface area contributed by atoms with Gasteiger partial charge in [-0.15, -0.1) is 0 Å². The molecule has 1 N–H and O–H groups in total. The number of hydrogen-bond donors (Lipinski definition) is 1. The number of nitrogens with zero attached hydrogens (tertiary/aromatic N) is 1. The molecule has 0 radical (unpaired) electrons. The summed E-state index contributed by atoms with van der Waals surface area (Å²) in [4.78, 5) is 2.03. The summed E-state index contributed by atoms with van der Waals surface area (Å²) in [6.45, 7) is 3.80. The van der Waals surface area contributed by atoms with E-state index in [-0.39, 0.29) is 6.04 Å². The Kier molecular flexibility index (Phi) is 2.35. The minimum absolute atomic E-state index is 0.195. The zero-order chi connectivity index (χ0) is 8.43. The third-order valence-corrected chi connectivity index (χ3v) is 2.06. The Hall–Kier alpha value is -0.760. The lowest BCUT2D eigenvalue weighted by Gasteiger charge is -2.27. The number of likely N-dealkylation sites (N-methyl/N-ethyl adjacent to an activating group) is 1. The third-order valence-electron chi connectivity index (χ3n) is 2.06. The molecule has 0 aliphatic heterocycles. The van der Waals surface area contributed by atoms with Crippen LogP contribution in [0.3, 0.4) is 0 Å². The molecule has 0 aromatic rings. The second kappa shape index (κ2) is 3.09. The van der Waals surface area contributed by atoms with E-state index >= 15 is 0 Å². The van der Waals surface area contributed by atoms with Crippen LogP contribution in [-0.2, 0) is 0 Å². The molecule has 1 atom stereocenters.